The van der Waals surface area contributed by atoms with E-state index in [9.17, 15) is 23.1 Å². The first-order valence-corrected chi connectivity index (χ1v) is 13.6. The van der Waals surface area contributed by atoms with E-state index in [1.807, 2.05) is 4.57 Å². The number of carboxylic acids is 1. The van der Waals surface area contributed by atoms with Crippen molar-refractivity contribution < 1.29 is 32.5 Å². The maximum absolute atomic E-state index is 13.9. The summed E-state index contributed by atoms with van der Waals surface area (Å²) < 4.78 is 55.0. The third-order valence-corrected chi connectivity index (χ3v) is 7.84. The number of alkyl halides is 3. The van der Waals surface area contributed by atoms with E-state index in [1.54, 1.807) is 36.4 Å². The minimum Gasteiger partial charge on any atom is -0.478 e. The second-order valence-electron chi connectivity index (χ2n) is 10.2. The molecule has 1 saturated heterocycles. The van der Waals surface area contributed by atoms with Gasteiger partial charge in [0.1, 0.15) is 18.0 Å². The Bertz CT molecular complexity index is 1620. The first kappa shape index (κ1) is 27.5. The highest BCUT2D eigenvalue weighted by molar-refractivity contribution is 6.31. The van der Waals surface area contributed by atoms with Gasteiger partial charge in [-0.3, -0.25) is 4.90 Å². The van der Waals surface area contributed by atoms with E-state index in [-0.39, 0.29) is 18.3 Å². The van der Waals surface area contributed by atoms with Gasteiger partial charge in [-0.05, 0) is 48.7 Å². The molecule has 1 N–H and O–H groups in total. The van der Waals surface area contributed by atoms with E-state index in [2.05, 4.69) is 9.88 Å². The summed E-state index contributed by atoms with van der Waals surface area (Å²) in [5.41, 5.74) is 2.23. The molecule has 41 heavy (non-hydrogen) atoms. The predicted molar refractivity (Wildman–Crippen MR) is 144 cm³/mol. The summed E-state index contributed by atoms with van der Waals surface area (Å²) in [4.78, 5) is 22.8. The normalized spacial score (nSPS) is 17.3. The van der Waals surface area contributed by atoms with Crippen molar-refractivity contribution in [2.75, 3.05) is 13.2 Å². The van der Waals surface area contributed by atoms with Crippen molar-refractivity contribution in [1.29, 1.82) is 0 Å². The van der Waals surface area contributed by atoms with Crippen molar-refractivity contribution in [3.05, 3.63) is 87.3 Å². The van der Waals surface area contributed by atoms with Crippen LogP contribution in [0, 0.1) is 0 Å². The maximum Gasteiger partial charge on any atom is 0.421 e. The second kappa shape index (κ2) is 11.0. The van der Waals surface area contributed by atoms with Gasteiger partial charge in [0.05, 0.1) is 41.5 Å². The summed E-state index contributed by atoms with van der Waals surface area (Å²) in [6, 6.07) is 12.8. The van der Waals surface area contributed by atoms with Crippen LogP contribution in [0.5, 0.6) is 5.88 Å². The molecule has 0 bridgehead atoms. The summed E-state index contributed by atoms with van der Waals surface area (Å²) in [5.74, 6) is -0.775. The molecule has 2 aliphatic heterocycles. The van der Waals surface area contributed by atoms with E-state index in [0.29, 0.717) is 72.1 Å². The van der Waals surface area contributed by atoms with Gasteiger partial charge in [0.2, 0.25) is 5.88 Å². The number of nitrogens with zero attached hydrogens (tertiary/aromatic N) is 4. The number of hydrogen-bond donors (Lipinski definition) is 1. The molecule has 0 radical (unpaired) electrons. The summed E-state index contributed by atoms with van der Waals surface area (Å²) in [6.07, 6.45) is -3.33. The van der Waals surface area contributed by atoms with E-state index in [1.165, 1.54) is 6.07 Å². The summed E-state index contributed by atoms with van der Waals surface area (Å²) in [6.45, 7) is 2.29. The molecule has 6 rings (SSSR count). The molecule has 4 heterocycles. The Morgan fingerprint density at radius 1 is 1.17 bits per heavy atom. The molecule has 4 aromatic rings. The van der Waals surface area contributed by atoms with E-state index < -0.39 is 23.6 Å². The lowest BCUT2D eigenvalue weighted by Gasteiger charge is -2.30. The van der Waals surface area contributed by atoms with Crippen LogP contribution >= 0.6 is 11.6 Å². The van der Waals surface area contributed by atoms with Gasteiger partial charge in [0, 0.05) is 30.3 Å². The first-order valence-electron chi connectivity index (χ1n) is 13.2. The fraction of sp³-hybridized carbons (Fsp3) is 0.345. The fourth-order valence-corrected chi connectivity index (χ4v) is 5.36. The maximum atomic E-state index is 13.9. The smallest absolute Gasteiger partial charge is 0.421 e. The van der Waals surface area contributed by atoms with Crippen molar-refractivity contribution in [2.24, 2.45) is 0 Å². The first-order chi connectivity index (χ1) is 19.7. The van der Waals surface area contributed by atoms with Crippen molar-refractivity contribution in [2.45, 2.75) is 51.4 Å². The molecule has 8 nitrogen and oxygen atoms in total. The number of benzene rings is 2. The highest BCUT2D eigenvalue weighted by Crippen LogP contribution is 2.38. The van der Waals surface area contributed by atoms with Gasteiger partial charge in [-0.15, -0.1) is 0 Å². The average Bonchev–Trinajstić information content (AvgIpc) is 3.24. The van der Waals surface area contributed by atoms with Crippen molar-refractivity contribution in [1.82, 2.24) is 19.4 Å². The third kappa shape index (κ3) is 5.74. The van der Waals surface area contributed by atoms with Crippen molar-refractivity contribution in [3.63, 3.8) is 0 Å². The van der Waals surface area contributed by atoms with Gasteiger partial charge in [-0.2, -0.15) is 13.2 Å². The average molecular weight is 587 g/mol. The van der Waals surface area contributed by atoms with Crippen molar-refractivity contribution in [3.8, 4) is 5.88 Å². The molecule has 0 unspecified atom stereocenters. The van der Waals surface area contributed by atoms with Gasteiger partial charge < -0.3 is 19.1 Å². The highest BCUT2D eigenvalue weighted by atomic mass is 35.5. The van der Waals surface area contributed by atoms with Gasteiger partial charge >= 0.3 is 12.1 Å². The summed E-state index contributed by atoms with van der Waals surface area (Å²) in [7, 11) is 0. The second-order valence-corrected chi connectivity index (χ2v) is 10.6. The van der Waals surface area contributed by atoms with Crippen LogP contribution < -0.4 is 4.74 Å². The van der Waals surface area contributed by atoms with Crippen LogP contribution in [0.25, 0.3) is 11.0 Å². The Hall–Kier alpha value is -3.67. The molecule has 1 fully saturated rings. The molecule has 0 aliphatic carbocycles. The molecule has 0 amide bonds. The number of aromatic nitrogens is 3. The third-order valence-electron chi connectivity index (χ3n) is 7.47. The zero-order chi connectivity index (χ0) is 28.7. The van der Waals surface area contributed by atoms with Crippen LogP contribution in [0.15, 0.2) is 48.5 Å². The largest absolute Gasteiger partial charge is 0.478 e. The SMILES string of the molecule is O=C(O)c1ccc2nc(CN3CCc4cc(C(F)(F)F)c(OCc5ccccc5Cl)nc4C3)n(C[C@@H]3CCO3)c2c1. The van der Waals surface area contributed by atoms with Crippen LogP contribution in [0.1, 0.15) is 45.0 Å². The Kier molecular flexibility index (Phi) is 7.35. The topological polar surface area (TPSA) is 89.7 Å². The zero-order valence-electron chi connectivity index (χ0n) is 21.8. The fourth-order valence-electron chi connectivity index (χ4n) is 5.17. The summed E-state index contributed by atoms with van der Waals surface area (Å²) in [5, 5.41) is 9.89. The van der Waals surface area contributed by atoms with Gasteiger partial charge in [-0.25, -0.2) is 14.8 Å². The van der Waals surface area contributed by atoms with E-state index in [0.717, 1.165) is 18.3 Å². The Balaban J connectivity index is 1.27. The lowest BCUT2D eigenvalue weighted by atomic mass is 10.0. The minimum atomic E-state index is -4.63. The molecular weight excluding hydrogens is 561 g/mol. The molecule has 1 atom stereocenters. The van der Waals surface area contributed by atoms with Crippen LogP contribution in [0.2, 0.25) is 5.02 Å². The number of carbonyl (C=O) groups is 1. The number of hydrogen-bond acceptors (Lipinski definition) is 6. The number of carboxylic acid groups (broad SMARTS) is 1. The van der Waals surface area contributed by atoms with Crippen molar-refractivity contribution >= 4 is 28.6 Å². The molecule has 0 saturated carbocycles. The molecule has 2 aliphatic rings. The molecule has 0 spiro atoms. The Morgan fingerprint density at radius 2 is 1.98 bits per heavy atom. The predicted octanol–water partition coefficient (Wildman–Crippen LogP) is 5.73. The summed E-state index contributed by atoms with van der Waals surface area (Å²) >= 11 is 6.17. The van der Waals surface area contributed by atoms with E-state index >= 15 is 0 Å². The standard InChI is InChI=1S/C29H26ClF3N4O4/c30-22-4-2-1-3-19(22)16-41-27-21(29(31,32)33)11-17-7-9-36(14-24(17)35-27)15-26-34-23-6-5-18(28(38)39)12-25(23)37(26)13-20-8-10-40-20/h1-6,11-12,20H,7-10,13-16H2,(H,38,39)/t20-/m0/s1. The molecule has 12 heteroatoms. The van der Waals surface area contributed by atoms with E-state index in [4.69, 9.17) is 26.1 Å². The molecule has 2 aromatic heterocycles. The lowest BCUT2D eigenvalue weighted by molar-refractivity contribution is -0.139. The number of ether oxygens (including phenoxy) is 2. The lowest BCUT2D eigenvalue weighted by Crippen LogP contribution is -2.34. The van der Waals surface area contributed by atoms with Crippen LogP contribution in [-0.2, 0) is 43.6 Å². The number of pyridine rings is 1. The van der Waals surface area contributed by atoms with Crippen LogP contribution in [0.3, 0.4) is 0 Å². The number of aromatic carboxylic acids is 1. The molecular formula is C29H26ClF3N4O4. The zero-order valence-corrected chi connectivity index (χ0v) is 22.6. The van der Waals surface area contributed by atoms with Crippen LogP contribution in [0.4, 0.5) is 13.2 Å². The minimum absolute atomic E-state index is 0.0157. The monoisotopic (exact) mass is 586 g/mol. The number of imidazole rings is 1. The Morgan fingerprint density at radius 3 is 2.68 bits per heavy atom. The number of fused-ring (bicyclic) bond motifs is 2. The quantitative estimate of drug-likeness (QED) is 0.282. The molecule has 2 aromatic carbocycles. The number of rotatable bonds is 8. The highest BCUT2D eigenvalue weighted by Gasteiger charge is 2.37. The van der Waals surface area contributed by atoms with Crippen LogP contribution in [-0.4, -0.2) is 49.8 Å². The number of halogens is 4. The van der Waals surface area contributed by atoms with Gasteiger partial charge in [0.15, 0.2) is 0 Å². The molecule has 214 valence electrons. The van der Waals surface area contributed by atoms with Gasteiger partial charge in [-0.1, -0.05) is 29.8 Å². The Labute approximate surface area is 238 Å². The van der Waals surface area contributed by atoms with Gasteiger partial charge in [0.25, 0.3) is 0 Å².